The van der Waals surface area contributed by atoms with Crippen molar-refractivity contribution in [3.8, 4) is 16.9 Å². The molecule has 2 aliphatic rings. The third-order valence-electron chi connectivity index (χ3n) is 8.56. The Morgan fingerprint density at radius 2 is 1.78 bits per heavy atom. The molecule has 1 aliphatic carbocycles. The number of ether oxygens (including phenoxy) is 1. The summed E-state index contributed by atoms with van der Waals surface area (Å²) in [6.07, 6.45) is 12.0. The number of nitrogens with one attached hydrogen (secondary N) is 2. The maximum Gasteiger partial charge on any atom is 0.229 e. The van der Waals surface area contributed by atoms with Crippen LogP contribution in [0.3, 0.4) is 0 Å². The van der Waals surface area contributed by atoms with Crippen LogP contribution in [0.2, 0.25) is 0 Å². The number of rotatable bonds is 10. The van der Waals surface area contributed by atoms with E-state index in [0.29, 0.717) is 11.8 Å². The maximum atomic E-state index is 5.95. The van der Waals surface area contributed by atoms with Crippen LogP contribution in [0.5, 0.6) is 5.75 Å². The number of aryl methyl sites for hydroxylation is 1. The lowest BCUT2D eigenvalue weighted by molar-refractivity contribution is 0.248. The predicted octanol–water partition coefficient (Wildman–Crippen LogP) is 5.98. The molecule has 0 atom stereocenters. The first kappa shape index (κ1) is 30.8. The van der Waals surface area contributed by atoms with E-state index in [-0.39, 0.29) is 0 Å². The molecule has 1 saturated heterocycles. The van der Waals surface area contributed by atoms with Crippen LogP contribution in [-0.4, -0.2) is 87.8 Å². The Kier molecular flexibility index (Phi) is 8.76. The van der Waals surface area contributed by atoms with Gasteiger partial charge in [0.1, 0.15) is 11.6 Å². The summed E-state index contributed by atoms with van der Waals surface area (Å²) < 4.78 is 8.54. The third-order valence-corrected chi connectivity index (χ3v) is 10.5. The van der Waals surface area contributed by atoms with Crippen LogP contribution < -0.4 is 25.6 Å². The number of hydrogen-bond acceptors (Lipinski definition) is 10. The molecule has 11 nitrogen and oxygen atoms in total. The Bertz CT molecular complexity index is 1870. The Balaban J connectivity index is 1.20. The predicted molar refractivity (Wildman–Crippen MR) is 191 cm³/mol. The average molecular weight is 702 g/mol. The number of hydrogen-bond donors (Lipinski definition) is 2. The third kappa shape index (κ3) is 6.52. The van der Waals surface area contributed by atoms with Gasteiger partial charge in [0.25, 0.3) is 0 Å². The van der Waals surface area contributed by atoms with Crippen LogP contribution >= 0.6 is 23.9 Å². The van der Waals surface area contributed by atoms with Crippen molar-refractivity contribution < 1.29 is 4.74 Å². The van der Waals surface area contributed by atoms with Crippen LogP contribution in [0.25, 0.3) is 22.2 Å². The van der Waals surface area contributed by atoms with Crippen LogP contribution in [0.15, 0.2) is 59.7 Å². The Morgan fingerprint density at radius 1 is 0.978 bits per heavy atom. The SMILES string of the molecule is COc1cc(N2CCN(CC3CC3)CC2)c(-c2cnn(C)c2)cc1Nc1ncc(Br)c(Nc2ccc3nccnc3c2P(C)C)n1. The highest BCUT2D eigenvalue weighted by molar-refractivity contribution is 9.10. The van der Waals surface area contributed by atoms with Gasteiger partial charge in [-0.25, -0.2) is 4.98 Å². The number of aromatic nitrogens is 6. The van der Waals surface area contributed by atoms with Crippen LogP contribution in [0.1, 0.15) is 12.8 Å². The summed E-state index contributed by atoms with van der Waals surface area (Å²) >= 11 is 3.65. The molecule has 2 N–H and O–H groups in total. The first-order chi connectivity index (χ1) is 22.4. The quantitative estimate of drug-likeness (QED) is 0.169. The highest BCUT2D eigenvalue weighted by Gasteiger charge is 2.28. The lowest BCUT2D eigenvalue weighted by atomic mass is 10.0. The zero-order valence-electron chi connectivity index (χ0n) is 26.5. The van der Waals surface area contributed by atoms with Crippen LogP contribution in [0.4, 0.5) is 28.8 Å². The van der Waals surface area contributed by atoms with Crippen molar-refractivity contribution in [3.63, 3.8) is 0 Å². The lowest BCUT2D eigenvalue weighted by Gasteiger charge is -2.37. The second-order valence-electron chi connectivity index (χ2n) is 12.1. The normalized spacial score (nSPS) is 15.5. The van der Waals surface area contributed by atoms with E-state index in [9.17, 15) is 0 Å². The molecule has 13 heteroatoms. The second-order valence-corrected chi connectivity index (χ2v) is 15.2. The Labute approximate surface area is 278 Å². The molecule has 2 fully saturated rings. The second kappa shape index (κ2) is 13.1. The fourth-order valence-corrected chi connectivity index (χ4v) is 7.56. The minimum atomic E-state index is -0.482. The summed E-state index contributed by atoms with van der Waals surface area (Å²) in [6, 6.07) is 8.29. The molecule has 0 bridgehead atoms. The lowest BCUT2D eigenvalue weighted by Crippen LogP contribution is -2.47. The number of halogens is 1. The minimum absolute atomic E-state index is 0.444. The van der Waals surface area contributed by atoms with Gasteiger partial charge in [-0.15, -0.1) is 0 Å². The molecule has 5 aromatic rings. The van der Waals surface area contributed by atoms with Crippen molar-refractivity contribution >= 4 is 69.0 Å². The topological polar surface area (TPSA) is 109 Å². The average Bonchev–Trinajstić information content (AvgIpc) is 3.78. The van der Waals surface area contributed by atoms with E-state index in [0.717, 1.165) is 86.8 Å². The molecular weight excluding hydrogens is 663 g/mol. The number of fused-ring (bicyclic) bond motifs is 1. The Hall–Kier alpha value is -3.86. The minimum Gasteiger partial charge on any atom is -0.494 e. The zero-order chi connectivity index (χ0) is 31.8. The summed E-state index contributed by atoms with van der Waals surface area (Å²) in [6.45, 7) is 9.75. The van der Waals surface area contributed by atoms with Crippen molar-refractivity contribution in [3.05, 3.63) is 59.7 Å². The van der Waals surface area contributed by atoms with E-state index < -0.39 is 7.92 Å². The van der Waals surface area contributed by atoms with Crippen molar-refractivity contribution in [2.75, 3.05) is 68.7 Å². The molecule has 238 valence electrons. The zero-order valence-corrected chi connectivity index (χ0v) is 29.0. The molecule has 4 heterocycles. The molecule has 1 aliphatic heterocycles. The number of anilines is 5. The van der Waals surface area contributed by atoms with E-state index in [2.05, 4.69) is 88.1 Å². The van der Waals surface area contributed by atoms with Gasteiger partial charge < -0.3 is 20.3 Å². The fraction of sp³-hybridized carbons (Fsp3) is 0.364. The standard InChI is InChI=1S/C33H38BrN10OP/c1-42-20-22(17-38-42)23-15-27(29(45-2)16-28(23)44-13-11-43(12-14-44)19-21-5-6-21)40-33-37-18-24(34)32(41-33)39-26-8-7-25-30(31(26)46(3)4)36-10-9-35-25/h7-10,15-18,20-21H,5-6,11-14,19H2,1-4H3,(H2,37,39,40,41). The van der Waals surface area contributed by atoms with Gasteiger partial charge in [0.05, 0.1) is 34.5 Å². The van der Waals surface area contributed by atoms with Crippen molar-refractivity contribution in [1.82, 2.24) is 34.6 Å². The molecule has 1 saturated carbocycles. The largest absolute Gasteiger partial charge is 0.494 e. The smallest absolute Gasteiger partial charge is 0.229 e. The highest BCUT2D eigenvalue weighted by atomic mass is 79.9. The van der Waals surface area contributed by atoms with Gasteiger partial charge in [-0.2, -0.15) is 10.1 Å². The Morgan fingerprint density at radius 3 is 2.50 bits per heavy atom. The first-order valence-electron chi connectivity index (χ1n) is 15.5. The number of benzene rings is 2. The summed E-state index contributed by atoms with van der Waals surface area (Å²) in [5, 5.41) is 12.6. The van der Waals surface area contributed by atoms with E-state index >= 15 is 0 Å². The summed E-state index contributed by atoms with van der Waals surface area (Å²) in [5.41, 5.74) is 6.79. The van der Waals surface area contributed by atoms with Crippen molar-refractivity contribution in [2.24, 2.45) is 13.0 Å². The molecule has 2 aromatic carbocycles. The fourth-order valence-electron chi connectivity index (χ4n) is 6.06. The highest BCUT2D eigenvalue weighted by Crippen LogP contribution is 2.41. The van der Waals surface area contributed by atoms with E-state index in [1.165, 1.54) is 19.4 Å². The van der Waals surface area contributed by atoms with Gasteiger partial charge in [0.15, 0.2) is 0 Å². The van der Waals surface area contributed by atoms with Gasteiger partial charge in [0, 0.05) is 98.4 Å². The number of piperazine rings is 1. The van der Waals surface area contributed by atoms with Crippen LogP contribution in [0, 0.1) is 5.92 Å². The molecular formula is C33H38BrN10OP. The summed E-state index contributed by atoms with van der Waals surface area (Å²) in [5.74, 6) is 2.72. The van der Waals surface area contributed by atoms with Crippen LogP contribution in [-0.2, 0) is 7.05 Å². The van der Waals surface area contributed by atoms with E-state index in [1.54, 1.807) is 25.7 Å². The van der Waals surface area contributed by atoms with E-state index in [1.807, 2.05) is 30.1 Å². The monoisotopic (exact) mass is 700 g/mol. The molecule has 3 aromatic heterocycles. The van der Waals surface area contributed by atoms with Crippen molar-refractivity contribution in [2.45, 2.75) is 12.8 Å². The molecule has 0 spiro atoms. The molecule has 0 amide bonds. The summed E-state index contributed by atoms with van der Waals surface area (Å²) in [4.78, 5) is 23.7. The van der Waals surface area contributed by atoms with Gasteiger partial charge in [-0.1, -0.05) is 7.92 Å². The molecule has 0 radical (unpaired) electrons. The van der Waals surface area contributed by atoms with Gasteiger partial charge in [0.2, 0.25) is 5.95 Å². The van der Waals surface area contributed by atoms with Gasteiger partial charge in [-0.05, 0) is 66.2 Å². The summed E-state index contributed by atoms with van der Waals surface area (Å²) in [7, 11) is 3.17. The van der Waals surface area contributed by atoms with Gasteiger partial charge in [-0.3, -0.25) is 19.5 Å². The van der Waals surface area contributed by atoms with Gasteiger partial charge >= 0.3 is 0 Å². The van der Waals surface area contributed by atoms with Crippen molar-refractivity contribution in [1.29, 1.82) is 0 Å². The molecule has 7 rings (SSSR count). The van der Waals surface area contributed by atoms with E-state index in [4.69, 9.17) is 9.72 Å². The first-order valence-corrected chi connectivity index (χ1v) is 18.5. The molecule has 0 unspecified atom stereocenters. The number of methoxy groups -OCH3 is 1. The molecule has 46 heavy (non-hydrogen) atoms. The maximum absolute atomic E-state index is 5.95. The number of nitrogens with zero attached hydrogens (tertiary/aromatic N) is 8.